The molecule has 10 heavy (non-hydrogen) atoms. The summed E-state index contributed by atoms with van der Waals surface area (Å²) in [4.78, 5) is 4.66. The zero-order valence-corrected chi connectivity index (χ0v) is 6.17. The lowest BCUT2D eigenvalue weighted by molar-refractivity contribution is 0.138. The third kappa shape index (κ3) is 2.11. The van der Waals surface area contributed by atoms with E-state index in [4.69, 9.17) is 0 Å². The highest BCUT2D eigenvalue weighted by molar-refractivity contribution is 7.47. The van der Waals surface area contributed by atoms with Gasteiger partial charge in [0.25, 0.3) is 0 Å². The SMILES string of the molecule is S=NOCc1ccccc1. The van der Waals surface area contributed by atoms with Crippen molar-refractivity contribution in [1.82, 2.24) is 0 Å². The van der Waals surface area contributed by atoms with Crippen molar-refractivity contribution in [3.8, 4) is 0 Å². The Labute approximate surface area is 65.0 Å². The van der Waals surface area contributed by atoms with Gasteiger partial charge in [-0.3, -0.25) is 0 Å². The van der Waals surface area contributed by atoms with E-state index in [1.165, 1.54) is 0 Å². The molecule has 0 atom stereocenters. The van der Waals surface area contributed by atoms with E-state index in [0.717, 1.165) is 5.56 Å². The predicted molar refractivity (Wildman–Crippen MR) is 41.0 cm³/mol. The molecule has 0 aliphatic rings. The molecule has 0 fully saturated rings. The molecule has 52 valence electrons. The Morgan fingerprint density at radius 1 is 1.30 bits per heavy atom. The summed E-state index contributed by atoms with van der Waals surface area (Å²) in [6, 6.07) is 9.76. The van der Waals surface area contributed by atoms with Gasteiger partial charge in [-0.05, 0) is 10.1 Å². The fraction of sp³-hybridized carbons (Fsp3) is 0.143. The first-order chi connectivity index (χ1) is 4.93. The minimum Gasteiger partial charge on any atom is -0.381 e. The van der Waals surface area contributed by atoms with Crippen LogP contribution in [0.2, 0.25) is 0 Å². The lowest BCUT2D eigenvalue weighted by Gasteiger charge is -1.95. The molecule has 0 heterocycles. The zero-order chi connectivity index (χ0) is 7.23. The van der Waals surface area contributed by atoms with E-state index in [1.54, 1.807) is 0 Å². The van der Waals surface area contributed by atoms with Crippen molar-refractivity contribution in [2.45, 2.75) is 6.61 Å². The average Bonchev–Trinajstić information content (AvgIpc) is 2.03. The van der Waals surface area contributed by atoms with Crippen LogP contribution in [0.1, 0.15) is 5.56 Å². The highest BCUT2D eigenvalue weighted by Gasteiger charge is 1.87. The van der Waals surface area contributed by atoms with Gasteiger partial charge in [-0.1, -0.05) is 30.3 Å². The first-order valence-electron chi connectivity index (χ1n) is 2.92. The van der Waals surface area contributed by atoms with Crippen molar-refractivity contribution in [3.05, 3.63) is 35.9 Å². The van der Waals surface area contributed by atoms with Gasteiger partial charge in [-0.25, -0.2) is 0 Å². The van der Waals surface area contributed by atoms with Crippen molar-refractivity contribution in [2.24, 2.45) is 4.53 Å². The number of nitrogens with zero attached hydrogens (tertiary/aromatic N) is 1. The Kier molecular flexibility index (Phi) is 2.83. The van der Waals surface area contributed by atoms with E-state index in [-0.39, 0.29) is 0 Å². The van der Waals surface area contributed by atoms with Gasteiger partial charge >= 0.3 is 0 Å². The molecule has 1 rings (SSSR count). The molecule has 0 aliphatic heterocycles. The first-order valence-corrected chi connectivity index (χ1v) is 3.28. The lowest BCUT2D eigenvalue weighted by Crippen LogP contribution is -1.83. The highest BCUT2D eigenvalue weighted by atomic mass is 32.1. The summed E-state index contributed by atoms with van der Waals surface area (Å²) in [5.41, 5.74) is 1.08. The van der Waals surface area contributed by atoms with E-state index in [0.29, 0.717) is 6.61 Å². The Morgan fingerprint density at radius 3 is 2.60 bits per heavy atom. The molecule has 0 saturated carbocycles. The van der Waals surface area contributed by atoms with E-state index >= 15 is 0 Å². The third-order valence-electron chi connectivity index (χ3n) is 1.13. The van der Waals surface area contributed by atoms with Gasteiger partial charge in [0.1, 0.15) is 6.61 Å². The van der Waals surface area contributed by atoms with Crippen molar-refractivity contribution >= 4 is 12.4 Å². The molecule has 0 unspecified atom stereocenters. The van der Waals surface area contributed by atoms with Crippen LogP contribution in [0.15, 0.2) is 34.9 Å². The molecule has 0 aromatic heterocycles. The normalized spacial score (nSPS) is 8.80. The van der Waals surface area contributed by atoms with Crippen LogP contribution in [0.5, 0.6) is 0 Å². The second-order valence-electron chi connectivity index (χ2n) is 1.83. The van der Waals surface area contributed by atoms with Crippen molar-refractivity contribution in [1.29, 1.82) is 0 Å². The van der Waals surface area contributed by atoms with Gasteiger partial charge < -0.3 is 4.84 Å². The summed E-state index contributed by atoms with van der Waals surface area (Å²) in [6.07, 6.45) is 0. The van der Waals surface area contributed by atoms with Crippen LogP contribution >= 0.6 is 0 Å². The van der Waals surface area contributed by atoms with Crippen molar-refractivity contribution in [3.63, 3.8) is 0 Å². The largest absolute Gasteiger partial charge is 0.381 e. The smallest absolute Gasteiger partial charge is 0.143 e. The highest BCUT2D eigenvalue weighted by Crippen LogP contribution is 1.99. The van der Waals surface area contributed by atoms with Crippen LogP contribution in [-0.4, -0.2) is 0 Å². The van der Waals surface area contributed by atoms with Crippen molar-refractivity contribution < 1.29 is 4.84 Å². The Balaban J connectivity index is 2.50. The minimum atomic E-state index is 0.463. The fourth-order valence-electron chi connectivity index (χ4n) is 0.675. The molecule has 1 aromatic carbocycles. The quantitative estimate of drug-likeness (QED) is 0.618. The summed E-state index contributed by atoms with van der Waals surface area (Å²) in [5.74, 6) is 0. The van der Waals surface area contributed by atoms with Crippen molar-refractivity contribution in [2.75, 3.05) is 0 Å². The van der Waals surface area contributed by atoms with Crippen LogP contribution in [0.4, 0.5) is 0 Å². The molecule has 0 amide bonds. The maximum Gasteiger partial charge on any atom is 0.143 e. The number of benzene rings is 1. The summed E-state index contributed by atoms with van der Waals surface area (Å²) in [6.45, 7) is 0.463. The van der Waals surface area contributed by atoms with Crippen LogP contribution in [-0.2, 0) is 23.9 Å². The van der Waals surface area contributed by atoms with Gasteiger partial charge in [0, 0.05) is 0 Å². The zero-order valence-electron chi connectivity index (χ0n) is 5.36. The number of hydrogen-bond donors (Lipinski definition) is 0. The molecule has 0 bridgehead atoms. The predicted octanol–water partition coefficient (Wildman–Crippen LogP) is 1.85. The Morgan fingerprint density at radius 2 is 2.00 bits per heavy atom. The Bertz CT molecular complexity index is 200. The molecule has 0 saturated heterocycles. The monoisotopic (exact) mass is 153 g/mol. The van der Waals surface area contributed by atoms with Gasteiger partial charge in [0.05, 0.1) is 12.4 Å². The summed E-state index contributed by atoms with van der Waals surface area (Å²) in [5, 5.41) is 0. The van der Waals surface area contributed by atoms with E-state index in [9.17, 15) is 0 Å². The average molecular weight is 153 g/mol. The number of rotatable bonds is 3. The third-order valence-corrected chi connectivity index (χ3v) is 1.23. The fourth-order valence-corrected chi connectivity index (χ4v) is 0.728. The molecular weight excluding hydrogens is 146 g/mol. The maximum absolute atomic E-state index is 4.66. The first kappa shape index (κ1) is 7.15. The topological polar surface area (TPSA) is 21.6 Å². The van der Waals surface area contributed by atoms with E-state index in [1.807, 2.05) is 30.3 Å². The molecule has 1 aromatic rings. The molecule has 3 heteroatoms. The molecule has 0 N–H and O–H groups in total. The maximum atomic E-state index is 4.66. The van der Waals surface area contributed by atoms with Crippen LogP contribution in [0.3, 0.4) is 0 Å². The van der Waals surface area contributed by atoms with E-state index in [2.05, 4.69) is 21.8 Å². The minimum absolute atomic E-state index is 0.463. The molecule has 0 radical (unpaired) electrons. The molecular formula is C7H7NOS. The molecule has 2 nitrogen and oxygen atoms in total. The summed E-state index contributed by atoms with van der Waals surface area (Å²) < 4.78 is 3.11. The standard InChI is InChI=1S/C7H7NOS/c10-8-9-6-7-4-2-1-3-5-7/h1-5H,6H2. The van der Waals surface area contributed by atoms with Crippen LogP contribution in [0, 0.1) is 0 Å². The Hall–Kier alpha value is -0.960. The number of hydrogen-bond acceptors (Lipinski definition) is 3. The van der Waals surface area contributed by atoms with Gasteiger partial charge in [-0.15, -0.1) is 0 Å². The summed E-state index contributed by atoms with van der Waals surface area (Å²) >= 11 is 4.25. The van der Waals surface area contributed by atoms with E-state index < -0.39 is 0 Å². The van der Waals surface area contributed by atoms with Crippen LogP contribution in [0.25, 0.3) is 0 Å². The van der Waals surface area contributed by atoms with Gasteiger partial charge in [0.15, 0.2) is 0 Å². The van der Waals surface area contributed by atoms with Crippen LogP contribution < -0.4 is 0 Å². The van der Waals surface area contributed by atoms with Gasteiger partial charge in [-0.2, -0.15) is 0 Å². The molecule has 0 aliphatic carbocycles. The van der Waals surface area contributed by atoms with Gasteiger partial charge in [0.2, 0.25) is 0 Å². The summed E-state index contributed by atoms with van der Waals surface area (Å²) in [7, 11) is 0. The second kappa shape index (κ2) is 3.95. The molecule has 0 spiro atoms. The second-order valence-corrected chi connectivity index (χ2v) is 1.98. The lowest BCUT2D eigenvalue weighted by atomic mass is 10.2.